The van der Waals surface area contributed by atoms with Gasteiger partial charge in [0.05, 0.1) is 23.5 Å². The quantitative estimate of drug-likeness (QED) is 0.603. The highest BCUT2D eigenvalue weighted by atomic mass is 79.9. The van der Waals surface area contributed by atoms with Crippen molar-refractivity contribution in [3.63, 3.8) is 0 Å². The van der Waals surface area contributed by atoms with Crippen LogP contribution in [0.5, 0.6) is 0 Å². The van der Waals surface area contributed by atoms with Gasteiger partial charge in [-0.1, -0.05) is 27.7 Å². The maximum absolute atomic E-state index is 11.9. The number of halogens is 1. The average Bonchev–Trinajstić information content (AvgIpc) is 2.82. The van der Waals surface area contributed by atoms with Crippen LogP contribution in [0.1, 0.15) is 6.92 Å². The zero-order chi connectivity index (χ0) is 15.9. The maximum Gasteiger partial charge on any atom is 0.333 e. The van der Waals surface area contributed by atoms with Gasteiger partial charge in [-0.3, -0.25) is 4.79 Å². The summed E-state index contributed by atoms with van der Waals surface area (Å²) in [6.45, 7) is 3.19. The Kier molecular flexibility index (Phi) is 6.33. The number of nitrogens with zero attached hydrogens (tertiary/aromatic N) is 1. The van der Waals surface area contributed by atoms with Crippen molar-refractivity contribution in [2.24, 2.45) is 0 Å². The molecule has 0 radical (unpaired) electrons. The molecule has 0 aromatic heterocycles. The van der Waals surface area contributed by atoms with E-state index in [4.69, 9.17) is 4.74 Å². The Bertz CT molecular complexity index is 575. The topological polar surface area (TPSA) is 58.6 Å². The molecule has 118 valence electrons. The predicted octanol–water partition coefficient (Wildman–Crippen LogP) is 2.84. The molecule has 0 saturated carbocycles. The minimum Gasteiger partial charge on any atom is -0.463 e. The first-order valence-electron chi connectivity index (χ1n) is 6.91. The third-order valence-corrected chi connectivity index (χ3v) is 4.50. The Balaban J connectivity index is 1.90. The summed E-state index contributed by atoms with van der Waals surface area (Å²) in [5.74, 6) is -0.0347. The number of esters is 1. The molecule has 0 spiro atoms. The first kappa shape index (κ1) is 16.9. The molecule has 5 nitrogen and oxygen atoms in total. The first-order valence-corrected chi connectivity index (χ1v) is 8.69. The number of hydrogen-bond donors (Lipinski definition) is 1. The summed E-state index contributed by atoms with van der Waals surface area (Å²) in [6.07, 6.45) is 1.39. The number of rotatable bonds is 6. The number of amides is 1. The molecule has 1 aromatic carbocycles. The van der Waals surface area contributed by atoms with Gasteiger partial charge in [-0.15, -0.1) is 0 Å². The van der Waals surface area contributed by atoms with Crippen molar-refractivity contribution >= 4 is 45.3 Å². The average molecular weight is 385 g/mol. The van der Waals surface area contributed by atoms with Crippen LogP contribution in [0.3, 0.4) is 0 Å². The molecule has 1 amide bonds. The van der Waals surface area contributed by atoms with Crippen LogP contribution in [-0.2, 0) is 14.3 Å². The molecule has 7 heteroatoms. The van der Waals surface area contributed by atoms with E-state index in [0.717, 1.165) is 10.2 Å². The van der Waals surface area contributed by atoms with E-state index in [1.165, 1.54) is 17.8 Å². The van der Waals surface area contributed by atoms with E-state index in [9.17, 15) is 9.59 Å². The minimum absolute atomic E-state index is 0.0122. The molecule has 0 atom stereocenters. The van der Waals surface area contributed by atoms with E-state index >= 15 is 0 Å². The molecule has 0 aliphatic carbocycles. The molecule has 1 aliphatic rings. The standard InChI is InChI=1S/C15H17BrN2O3S/c1-2-21-15(20)9-14-18(13(19)10-22-14)8-7-17-12-5-3-11(16)4-6-12/h3-6,9,17H,2,7-8,10H2,1H3/b14-9-. The maximum atomic E-state index is 11.9. The SMILES string of the molecule is CCOC(=O)/C=C1\SCC(=O)N1CCNc1ccc(Br)cc1. The van der Waals surface area contributed by atoms with Gasteiger partial charge in [-0.05, 0) is 31.2 Å². The number of ether oxygens (including phenoxy) is 1. The van der Waals surface area contributed by atoms with E-state index in [1.807, 2.05) is 24.3 Å². The number of hydrogen-bond acceptors (Lipinski definition) is 5. The fraction of sp³-hybridized carbons (Fsp3) is 0.333. The molecule has 0 unspecified atom stereocenters. The van der Waals surface area contributed by atoms with Crippen LogP contribution in [0.25, 0.3) is 0 Å². The fourth-order valence-electron chi connectivity index (χ4n) is 1.93. The second-order valence-electron chi connectivity index (χ2n) is 4.50. The van der Waals surface area contributed by atoms with Crippen molar-refractivity contribution in [1.82, 2.24) is 4.90 Å². The Morgan fingerprint density at radius 2 is 2.18 bits per heavy atom. The van der Waals surface area contributed by atoms with Gasteiger partial charge in [-0.2, -0.15) is 0 Å². The van der Waals surface area contributed by atoms with Crippen molar-refractivity contribution in [3.8, 4) is 0 Å². The van der Waals surface area contributed by atoms with Crippen molar-refractivity contribution < 1.29 is 14.3 Å². The van der Waals surface area contributed by atoms with Gasteiger partial charge in [0.2, 0.25) is 5.91 Å². The summed E-state index contributed by atoms with van der Waals surface area (Å²) in [6, 6.07) is 7.82. The van der Waals surface area contributed by atoms with Crippen LogP contribution in [0.4, 0.5) is 5.69 Å². The lowest BCUT2D eigenvalue weighted by atomic mass is 10.3. The Hall–Kier alpha value is -1.47. The second kappa shape index (κ2) is 8.24. The number of thioether (sulfide) groups is 1. The Morgan fingerprint density at radius 3 is 2.86 bits per heavy atom. The lowest BCUT2D eigenvalue weighted by Crippen LogP contribution is -2.30. The normalized spacial score (nSPS) is 16.2. The molecule has 1 heterocycles. The zero-order valence-electron chi connectivity index (χ0n) is 12.2. The predicted molar refractivity (Wildman–Crippen MR) is 91.5 cm³/mol. The molecule has 2 rings (SSSR count). The Labute approximate surface area is 142 Å². The van der Waals surface area contributed by atoms with Gasteiger partial charge >= 0.3 is 5.97 Å². The smallest absolute Gasteiger partial charge is 0.333 e. The molecular formula is C15H17BrN2O3S. The second-order valence-corrected chi connectivity index (χ2v) is 6.41. The minimum atomic E-state index is -0.412. The largest absolute Gasteiger partial charge is 0.463 e. The fourth-order valence-corrected chi connectivity index (χ4v) is 3.15. The molecule has 1 aliphatic heterocycles. The van der Waals surface area contributed by atoms with Crippen molar-refractivity contribution in [1.29, 1.82) is 0 Å². The third kappa shape index (κ3) is 4.78. The van der Waals surface area contributed by atoms with E-state index in [1.54, 1.807) is 11.8 Å². The summed E-state index contributed by atoms with van der Waals surface area (Å²) < 4.78 is 5.90. The van der Waals surface area contributed by atoms with E-state index in [2.05, 4.69) is 21.2 Å². The highest BCUT2D eigenvalue weighted by Crippen LogP contribution is 2.28. The van der Waals surface area contributed by atoms with E-state index < -0.39 is 5.97 Å². The third-order valence-electron chi connectivity index (χ3n) is 2.95. The number of benzene rings is 1. The number of nitrogens with one attached hydrogen (secondary N) is 1. The monoisotopic (exact) mass is 384 g/mol. The number of carbonyl (C=O) groups excluding carboxylic acids is 2. The first-order chi connectivity index (χ1) is 10.6. The van der Waals surface area contributed by atoms with Gasteiger partial charge in [0.1, 0.15) is 0 Å². The zero-order valence-corrected chi connectivity index (χ0v) is 14.6. The summed E-state index contributed by atoms with van der Waals surface area (Å²) in [4.78, 5) is 25.0. The molecular weight excluding hydrogens is 368 g/mol. The van der Waals surface area contributed by atoms with Crippen molar-refractivity contribution in [2.45, 2.75) is 6.92 Å². The highest BCUT2D eigenvalue weighted by molar-refractivity contribution is 9.10. The van der Waals surface area contributed by atoms with Crippen LogP contribution in [-0.4, -0.2) is 42.2 Å². The molecule has 22 heavy (non-hydrogen) atoms. The highest BCUT2D eigenvalue weighted by Gasteiger charge is 2.26. The summed E-state index contributed by atoms with van der Waals surface area (Å²) in [7, 11) is 0. The Morgan fingerprint density at radius 1 is 1.45 bits per heavy atom. The summed E-state index contributed by atoms with van der Waals surface area (Å²) in [5, 5.41) is 3.90. The van der Waals surface area contributed by atoms with Gasteiger partial charge in [0, 0.05) is 23.2 Å². The van der Waals surface area contributed by atoms with Gasteiger partial charge in [0.25, 0.3) is 0 Å². The van der Waals surface area contributed by atoms with E-state index in [0.29, 0.717) is 30.5 Å². The molecule has 1 aromatic rings. The van der Waals surface area contributed by atoms with Crippen LogP contribution in [0, 0.1) is 0 Å². The lowest BCUT2D eigenvalue weighted by molar-refractivity contribution is -0.137. The van der Waals surface area contributed by atoms with Crippen LogP contribution >= 0.6 is 27.7 Å². The van der Waals surface area contributed by atoms with Crippen LogP contribution < -0.4 is 5.32 Å². The summed E-state index contributed by atoms with van der Waals surface area (Å²) >= 11 is 4.75. The lowest BCUT2D eigenvalue weighted by Gasteiger charge is -2.17. The number of carbonyl (C=O) groups is 2. The van der Waals surface area contributed by atoms with Crippen LogP contribution in [0.15, 0.2) is 39.8 Å². The van der Waals surface area contributed by atoms with Crippen molar-refractivity contribution in [3.05, 3.63) is 39.8 Å². The number of anilines is 1. The van der Waals surface area contributed by atoms with Gasteiger partial charge in [0.15, 0.2) is 0 Å². The van der Waals surface area contributed by atoms with Crippen LogP contribution in [0.2, 0.25) is 0 Å². The van der Waals surface area contributed by atoms with Crippen molar-refractivity contribution in [2.75, 3.05) is 30.8 Å². The molecule has 1 saturated heterocycles. The van der Waals surface area contributed by atoms with Gasteiger partial charge in [-0.25, -0.2) is 4.79 Å². The molecule has 1 N–H and O–H groups in total. The summed E-state index contributed by atoms with van der Waals surface area (Å²) in [5.41, 5.74) is 0.985. The van der Waals surface area contributed by atoms with Gasteiger partial charge < -0.3 is 15.0 Å². The molecule has 1 fully saturated rings. The molecule has 0 bridgehead atoms. The van der Waals surface area contributed by atoms with E-state index in [-0.39, 0.29) is 5.91 Å².